The van der Waals surface area contributed by atoms with Crippen LogP contribution in [-0.2, 0) is 6.54 Å². The maximum absolute atomic E-state index is 13.5. The first-order valence-electron chi connectivity index (χ1n) is 5.52. The van der Waals surface area contributed by atoms with Gasteiger partial charge in [-0.2, -0.15) is 0 Å². The fourth-order valence-corrected chi connectivity index (χ4v) is 1.66. The first kappa shape index (κ1) is 12.9. The van der Waals surface area contributed by atoms with E-state index in [9.17, 15) is 14.0 Å². The van der Waals surface area contributed by atoms with E-state index in [1.807, 2.05) is 0 Å². The minimum absolute atomic E-state index is 0.142. The summed E-state index contributed by atoms with van der Waals surface area (Å²) in [6.45, 7) is 1.84. The molecule has 1 aromatic heterocycles. The molecule has 0 radical (unpaired) electrons. The molecule has 0 aliphatic heterocycles. The standard InChI is InChI=1S/C13H11FN2O3/c1-8-4-12(17)16(7-15-8)6-9-2-3-10(13(18)19)11(14)5-9/h2-5,7H,6H2,1H3,(H,18,19). The SMILES string of the molecule is Cc1cc(=O)n(Cc2ccc(C(=O)O)c(F)c2)cn1. The fourth-order valence-electron chi connectivity index (χ4n) is 1.66. The van der Waals surface area contributed by atoms with Gasteiger partial charge >= 0.3 is 5.97 Å². The normalized spacial score (nSPS) is 10.4. The average Bonchev–Trinajstić information content (AvgIpc) is 2.32. The number of nitrogens with zero attached hydrogens (tertiary/aromatic N) is 2. The number of aromatic nitrogens is 2. The number of carboxylic acid groups (broad SMARTS) is 1. The van der Waals surface area contributed by atoms with E-state index in [0.29, 0.717) is 11.3 Å². The van der Waals surface area contributed by atoms with Gasteiger partial charge in [-0.05, 0) is 24.6 Å². The summed E-state index contributed by atoms with van der Waals surface area (Å²) < 4.78 is 14.8. The predicted octanol–water partition coefficient (Wildman–Crippen LogP) is 1.44. The summed E-state index contributed by atoms with van der Waals surface area (Å²) in [6.07, 6.45) is 1.38. The highest BCUT2D eigenvalue weighted by Crippen LogP contribution is 2.11. The lowest BCUT2D eigenvalue weighted by atomic mass is 10.1. The summed E-state index contributed by atoms with van der Waals surface area (Å²) in [5.41, 5.74) is 0.470. The van der Waals surface area contributed by atoms with Crippen LogP contribution >= 0.6 is 0 Å². The van der Waals surface area contributed by atoms with Gasteiger partial charge in [0.05, 0.1) is 18.4 Å². The van der Waals surface area contributed by atoms with Crippen molar-refractivity contribution in [2.24, 2.45) is 0 Å². The molecule has 1 N–H and O–H groups in total. The summed E-state index contributed by atoms with van der Waals surface area (Å²) in [6, 6.07) is 5.14. The largest absolute Gasteiger partial charge is 0.478 e. The first-order chi connectivity index (χ1) is 8.97. The van der Waals surface area contributed by atoms with Crippen LogP contribution in [0.15, 0.2) is 35.4 Å². The lowest BCUT2D eigenvalue weighted by molar-refractivity contribution is 0.0692. The molecule has 0 aliphatic rings. The number of hydrogen-bond acceptors (Lipinski definition) is 3. The first-order valence-corrected chi connectivity index (χ1v) is 5.52. The van der Waals surface area contributed by atoms with Gasteiger partial charge < -0.3 is 5.11 Å². The van der Waals surface area contributed by atoms with Crippen LogP contribution in [0.1, 0.15) is 21.6 Å². The van der Waals surface area contributed by atoms with Crippen molar-refractivity contribution in [3.63, 3.8) is 0 Å². The molecular formula is C13H11FN2O3. The predicted molar refractivity (Wildman–Crippen MR) is 65.7 cm³/mol. The van der Waals surface area contributed by atoms with Crippen LogP contribution in [0, 0.1) is 12.7 Å². The molecule has 0 saturated heterocycles. The zero-order valence-corrected chi connectivity index (χ0v) is 10.1. The smallest absolute Gasteiger partial charge is 0.338 e. The van der Waals surface area contributed by atoms with Crippen LogP contribution in [0.25, 0.3) is 0 Å². The van der Waals surface area contributed by atoms with E-state index in [1.165, 1.54) is 29.1 Å². The van der Waals surface area contributed by atoms with E-state index in [-0.39, 0.29) is 12.1 Å². The van der Waals surface area contributed by atoms with Gasteiger partial charge in [0.1, 0.15) is 5.82 Å². The Morgan fingerprint density at radius 1 is 1.42 bits per heavy atom. The van der Waals surface area contributed by atoms with Crippen LogP contribution in [0.3, 0.4) is 0 Å². The minimum atomic E-state index is -1.32. The molecule has 2 aromatic rings. The Labute approximate surface area is 108 Å². The van der Waals surface area contributed by atoms with E-state index in [0.717, 1.165) is 6.07 Å². The molecule has 5 nitrogen and oxygen atoms in total. The third-order valence-corrected chi connectivity index (χ3v) is 2.63. The summed E-state index contributed by atoms with van der Waals surface area (Å²) in [4.78, 5) is 26.3. The summed E-state index contributed by atoms with van der Waals surface area (Å²) in [7, 11) is 0. The number of aromatic carboxylic acids is 1. The monoisotopic (exact) mass is 262 g/mol. The van der Waals surface area contributed by atoms with Crippen molar-refractivity contribution in [2.45, 2.75) is 13.5 Å². The summed E-state index contributed by atoms with van der Waals surface area (Å²) in [5.74, 6) is -2.14. The highest BCUT2D eigenvalue weighted by molar-refractivity contribution is 5.87. The second-order valence-electron chi connectivity index (χ2n) is 4.12. The van der Waals surface area contributed by atoms with Crippen molar-refractivity contribution in [3.05, 3.63) is 63.6 Å². The molecule has 1 aromatic carbocycles. The van der Waals surface area contributed by atoms with Gasteiger partial charge in [0.25, 0.3) is 5.56 Å². The number of hydrogen-bond donors (Lipinski definition) is 1. The molecule has 0 atom stereocenters. The van der Waals surface area contributed by atoms with E-state index in [2.05, 4.69) is 4.98 Å². The molecule has 0 saturated carbocycles. The zero-order chi connectivity index (χ0) is 14.0. The van der Waals surface area contributed by atoms with E-state index in [4.69, 9.17) is 5.11 Å². The number of rotatable bonds is 3. The molecule has 0 bridgehead atoms. The van der Waals surface area contributed by atoms with Crippen LogP contribution < -0.4 is 5.56 Å². The van der Waals surface area contributed by atoms with Gasteiger partial charge in [-0.3, -0.25) is 9.36 Å². The van der Waals surface area contributed by atoms with Crippen LogP contribution in [-0.4, -0.2) is 20.6 Å². The Morgan fingerprint density at radius 2 is 2.16 bits per heavy atom. The Balaban J connectivity index is 2.31. The number of carbonyl (C=O) groups is 1. The maximum Gasteiger partial charge on any atom is 0.338 e. The highest BCUT2D eigenvalue weighted by Gasteiger charge is 2.10. The fraction of sp³-hybridized carbons (Fsp3) is 0.154. The van der Waals surface area contributed by atoms with Crippen molar-refractivity contribution in [1.29, 1.82) is 0 Å². The van der Waals surface area contributed by atoms with Gasteiger partial charge in [0.15, 0.2) is 0 Å². The number of carboxylic acids is 1. The summed E-state index contributed by atoms with van der Waals surface area (Å²) in [5, 5.41) is 8.72. The second-order valence-corrected chi connectivity index (χ2v) is 4.12. The van der Waals surface area contributed by atoms with Crippen molar-refractivity contribution in [2.75, 3.05) is 0 Å². The number of benzene rings is 1. The Morgan fingerprint density at radius 3 is 2.74 bits per heavy atom. The van der Waals surface area contributed by atoms with Crippen LogP contribution in [0.2, 0.25) is 0 Å². The Bertz CT molecular complexity index is 695. The minimum Gasteiger partial charge on any atom is -0.478 e. The van der Waals surface area contributed by atoms with Gasteiger partial charge in [-0.25, -0.2) is 14.2 Å². The molecule has 0 fully saturated rings. The van der Waals surface area contributed by atoms with E-state index < -0.39 is 17.3 Å². The molecule has 1 heterocycles. The molecule has 0 amide bonds. The van der Waals surface area contributed by atoms with Crippen molar-refractivity contribution >= 4 is 5.97 Å². The summed E-state index contributed by atoms with van der Waals surface area (Å²) >= 11 is 0. The zero-order valence-electron chi connectivity index (χ0n) is 10.1. The third-order valence-electron chi connectivity index (χ3n) is 2.63. The van der Waals surface area contributed by atoms with Gasteiger partial charge in [0.2, 0.25) is 0 Å². The lowest BCUT2D eigenvalue weighted by Crippen LogP contribution is -2.20. The third kappa shape index (κ3) is 2.85. The quantitative estimate of drug-likeness (QED) is 0.908. The van der Waals surface area contributed by atoms with Crippen molar-refractivity contribution in [3.8, 4) is 0 Å². The molecule has 19 heavy (non-hydrogen) atoms. The Kier molecular flexibility index (Phi) is 3.41. The number of halogens is 1. The van der Waals surface area contributed by atoms with Crippen LogP contribution in [0.4, 0.5) is 4.39 Å². The lowest BCUT2D eigenvalue weighted by Gasteiger charge is -2.06. The van der Waals surface area contributed by atoms with Gasteiger partial charge in [-0.15, -0.1) is 0 Å². The molecule has 98 valence electrons. The molecule has 2 rings (SSSR count). The Hall–Kier alpha value is -2.50. The molecular weight excluding hydrogens is 251 g/mol. The molecule has 0 aliphatic carbocycles. The van der Waals surface area contributed by atoms with Gasteiger partial charge in [-0.1, -0.05) is 6.07 Å². The van der Waals surface area contributed by atoms with E-state index >= 15 is 0 Å². The average molecular weight is 262 g/mol. The molecule has 0 spiro atoms. The maximum atomic E-state index is 13.5. The molecule has 6 heteroatoms. The number of aryl methyl sites for hydroxylation is 1. The molecule has 0 unspecified atom stereocenters. The topological polar surface area (TPSA) is 72.2 Å². The van der Waals surface area contributed by atoms with Crippen molar-refractivity contribution < 1.29 is 14.3 Å². The van der Waals surface area contributed by atoms with Crippen LogP contribution in [0.5, 0.6) is 0 Å². The van der Waals surface area contributed by atoms with E-state index in [1.54, 1.807) is 6.92 Å². The van der Waals surface area contributed by atoms with Crippen molar-refractivity contribution in [1.82, 2.24) is 9.55 Å². The van der Waals surface area contributed by atoms with Gasteiger partial charge in [0, 0.05) is 11.8 Å². The second kappa shape index (κ2) is 5.01. The highest BCUT2D eigenvalue weighted by atomic mass is 19.1.